The molecule has 4 rings (SSSR count). The third-order valence-corrected chi connectivity index (χ3v) is 8.00. The van der Waals surface area contributed by atoms with Crippen LogP contribution in [-0.4, -0.2) is 118 Å². The van der Waals surface area contributed by atoms with E-state index in [1.54, 1.807) is 19.9 Å². The number of ether oxygens (including phenoxy) is 2. The summed E-state index contributed by atoms with van der Waals surface area (Å²) in [6.45, 7) is 6.80. The number of carbonyl (C=O) groups excluding carboxylic acids is 4. The summed E-state index contributed by atoms with van der Waals surface area (Å²) in [4.78, 5) is 77.3. The minimum atomic E-state index is -1.11. The van der Waals surface area contributed by atoms with E-state index in [2.05, 4.69) is 15.2 Å². The molecule has 2 aliphatic heterocycles. The van der Waals surface area contributed by atoms with Crippen molar-refractivity contribution in [2.45, 2.75) is 52.1 Å². The molecule has 248 valence electrons. The number of nitrogens with one attached hydrogen (secondary N) is 1. The number of rotatable bonds is 12. The van der Waals surface area contributed by atoms with Crippen LogP contribution in [0.5, 0.6) is 0 Å². The molecule has 0 unspecified atom stereocenters. The minimum absolute atomic E-state index is 0.0468. The molecule has 2 aromatic rings. The normalized spacial score (nSPS) is 16.4. The van der Waals surface area contributed by atoms with Crippen molar-refractivity contribution < 1.29 is 38.6 Å². The fourth-order valence-electron chi connectivity index (χ4n) is 5.53. The first-order chi connectivity index (χ1) is 22.2. The van der Waals surface area contributed by atoms with E-state index < -0.39 is 29.9 Å². The first-order valence-electron chi connectivity index (χ1n) is 15.7. The van der Waals surface area contributed by atoms with Gasteiger partial charge in [0.1, 0.15) is 11.7 Å². The summed E-state index contributed by atoms with van der Waals surface area (Å²) in [5.74, 6) is -2.13. The number of hydrogen-bond donors (Lipinski definition) is 2. The van der Waals surface area contributed by atoms with Gasteiger partial charge in [-0.2, -0.15) is 0 Å². The van der Waals surface area contributed by atoms with Crippen molar-refractivity contribution in [1.29, 1.82) is 0 Å². The third-order valence-electron chi connectivity index (χ3n) is 8.00. The Balaban J connectivity index is 1.50. The average Bonchev–Trinajstić information content (AvgIpc) is 3.07. The number of aromatic nitrogens is 2. The Hall–Kier alpha value is -4.59. The molecular weight excluding hydrogens is 596 g/mol. The Morgan fingerprint density at radius 3 is 2.20 bits per heavy atom. The monoisotopic (exact) mass is 638 g/mol. The van der Waals surface area contributed by atoms with Gasteiger partial charge in [0.15, 0.2) is 5.82 Å². The van der Waals surface area contributed by atoms with Gasteiger partial charge in [0.05, 0.1) is 24.8 Å². The lowest BCUT2D eigenvalue weighted by atomic mass is 9.97. The van der Waals surface area contributed by atoms with E-state index in [0.717, 1.165) is 0 Å². The molecule has 3 heterocycles. The van der Waals surface area contributed by atoms with E-state index >= 15 is 0 Å². The fraction of sp³-hybridized carbons (Fsp3) is 0.531. The summed E-state index contributed by atoms with van der Waals surface area (Å²) in [5, 5.41) is 12.1. The third kappa shape index (κ3) is 9.46. The Morgan fingerprint density at radius 1 is 0.913 bits per heavy atom. The Kier molecular flexibility index (Phi) is 12.4. The van der Waals surface area contributed by atoms with Gasteiger partial charge in [-0.3, -0.25) is 24.1 Å². The van der Waals surface area contributed by atoms with Crippen LogP contribution in [0.3, 0.4) is 0 Å². The summed E-state index contributed by atoms with van der Waals surface area (Å²) in [7, 11) is 0. The number of piperazine rings is 1. The number of piperidine rings is 1. The molecule has 0 bridgehead atoms. The van der Waals surface area contributed by atoms with Crippen LogP contribution in [0.25, 0.3) is 11.4 Å². The second kappa shape index (κ2) is 16.6. The molecule has 0 spiro atoms. The van der Waals surface area contributed by atoms with Crippen LogP contribution in [-0.2, 0) is 30.4 Å². The van der Waals surface area contributed by atoms with E-state index in [-0.39, 0.29) is 63.2 Å². The van der Waals surface area contributed by atoms with Crippen molar-refractivity contribution in [1.82, 2.24) is 30.0 Å². The molecule has 0 saturated carbocycles. The van der Waals surface area contributed by atoms with Gasteiger partial charge in [-0.15, -0.1) is 0 Å². The van der Waals surface area contributed by atoms with E-state index in [1.807, 2.05) is 30.3 Å². The molecule has 1 aromatic heterocycles. The highest BCUT2D eigenvalue weighted by atomic mass is 16.6. The zero-order valence-corrected chi connectivity index (χ0v) is 26.4. The number of amides is 3. The highest BCUT2D eigenvalue weighted by Crippen LogP contribution is 2.22. The standard InChI is InChI=1S/C32H42N6O8/c1-3-45-31(43)23-12-14-36(15-13-23)21-24-20-26(34-28(33-24)22-8-6-5-7-9-22)29(41)35-25(10-11-27(39)40)30(42)37-16-18-38(19-17-37)32(44)46-4-2/h5-9,20,23,25H,3-4,10-19,21H2,1-2H3,(H,35,41)(H,39,40)/t25-/m0/s1. The molecule has 2 saturated heterocycles. The van der Waals surface area contributed by atoms with Crippen LogP contribution < -0.4 is 5.32 Å². The predicted molar refractivity (Wildman–Crippen MR) is 165 cm³/mol. The smallest absolute Gasteiger partial charge is 0.409 e. The summed E-state index contributed by atoms with van der Waals surface area (Å²) in [6.07, 6.45) is 0.416. The molecule has 2 N–H and O–H groups in total. The quantitative estimate of drug-likeness (QED) is 0.327. The molecule has 2 fully saturated rings. The average molecular weight is 639 g/mol. The van der Waals surface area contributed by atoms with Crippen LogP contribution in [0.2, 0.25) is 0 Å². The lowest BCUT2D eigenvalue weighted by Crippen LogP contribution is -2.56. The molecule has 0 radical (unpaired) electrons. The summed E-state index contributed by atoms with van der Waals surface area (Å²) in [6, 6.07) is 9.68. The number of carboxylic acid groups (broad SMARTS) is 1. The second-order valence-corrected chi connectivity index (χ2v) is 11.2. The largest absolute Gasteiger partial charge is 0.481 e. The molecule has 3 amide bonds. The highest BCUT2D eigenvalue weighted by Gasteiger charge is 2.32. The van der Waals surface area contributed by atoms with Crippen molar-refractivity contribution in [3.63, 3.8) is 0 Å². The van der Waals surface area contributed by atoms with Gasteiger partial charge in [0, 0.05) is 44.7 Å². The second-order valence-electron chi connectivity index (χ2n) is 11.2. The first kappa shape index (κ1) is 34.3. The van der Waals surface area contributed by atoms with E-state index in [1.165, 1.54) is 9.80 Å². The predicted octanol–water partition coefficient (Wildman–Crippen LogP) is 2.18. The Labute approximate surface area is 268 Å². The first-order valence-corrected chi connectivity index (χ1v) is 15.7. The van der Waals surface area contributed by atoms with Crippen LogP contribution in [0.15, 0.2) is 36.4 Å². The lowest BCUT2D eigenvalue weighted by molar-refractivity contribution is -0.149. The molecule has 2 aliphatic rings. The topological polar surface area (TPSA) is 172 Å². The highest BCUT2D eigenvalue weighted by molar-refractivity contribution is 5.96. The fourth-order valence-corrected chi connectivity index (χ4v) is 5.53. The molecule has 14 nitrogen and oxygen atoms in total. The van der Waals surface area contributed by atoms with Crippen molar-refractivity contribution in [2.24, 2.45) is 5.92 Å². The van der Waals surface area contributed by atoms with Gasteiger partial charge < -0.3 is 29.7 Å². The van der Waals surface area contributed by atoms with Gasteiger partial charge in [0.25, 0.3) is 5.91 Å². The Morgan fingerprint density at radius 2 is 1.57 bits per heavy atom. The molecule has 0 aliphatic carbocycles. The maximum Gasteiger partial charge on any atom is 0.409 e. The maximum atomic E-state index is 13.7. The number of aliphatic carboxylic acids is 1. The lowest BCUT2D eigenvalue weighted by Gasteiger charge is -2.36. The van der Waals surface area contributed by atoms with Crippen LogP contribution in [0.4, 0.5) is 4.79 Å². The van der Waals surface area contributed by atoms with Crippen molar-refractivity contribution in [3.05, 3.63) is 47.8 Å². The van der Waals surface area contributed by atoms with Crippen LogP contribution in [0.1, 0.15) is 55.7 Å². The molecule has 1 atom stereocenters. The molecule has 1 aromatic carbocycles. The zero-order valence-electron chi connectivity index (χ0n) is 26.4. The summed E-state index contributed by atoms with van der Waals surface area (Å²) in [5.41, 5.74) is 1.35. The van der Waals surface area contributed by atoms with Crippen molar-refractivity contribution in [3.8, 4) is 11.4 Å². The van der Waals surface area contributed by atoms with Gasteiger partial charge >= 0.3 is 18.0 Å². The van der Waals surface area contributed by atoms with Gasteiger partial charge in [-0.25, -0.2) is 14.8 Å². The SMILES string of the molecule is CCOC(=O)C1CCN(Cc2cc(C(=O)N[C@@H](CCC(=O)O)C(=O)N3CCN(C(=O)OCC)CC3)nc(-c3ccccc3)n2)CC1. The van der Waals surface area contributed by atoms with E-state index in [9.17, 15) is 29.1 Å². The molecular formula is C32H42N6O8. The van der Waals surface area contributed by atoms with Gasteiger partial charge in [-0.1, -0.05) is 30.3 Å². The molecule has 46 heavy (non-hydrogen) atoms. The zero-order chi connectivity index (χ0) is 33.1. The summed E-state index contributed by atoms with van der Waals surface area (Å²) >= 11 is 0. The van der Waals surface area contributed by atoms with Gasteiger partial charge in [0.2, 0.25) is 5.91 Å². The number of benzene rings is 1. The maximum absolute atomic E-state index is 13.7. The van der Waals surface area contributed by atoms with Crippen LogP contribution in [0, 0.1) is 5.92 Å². The van der Waals surface area contributed by atoms with Crippen molar-refractivity contribution in [2.75, 3.05) is 52.5 Å². The minimum Gasteiger partial charge on any atom is -0.481 e. The number of likely N-dealkylation sites (tertiary alicyclic amines) is 1. The number of nitrogens with zero attached hydrogens (tertiary/aromatic N) is 5. The van der Waals surface area contributed by atoms with Gasteiger partial charge in [-0.05, 0) is 52.3 Å². The van der Waals surface area contributed by atoms with E-state index in [0.29, 0.717) is 56.2 Å². The number of esters is 1. The number of hydrogen-bond acceptors (Lipinski definition) is 10. The van der Waals surface area contributed by atoms with E-state index in [4.69, 9.17) is 14.5 Å². The van der Waals surface area contributed by atoms with Crippen LogP contribution >= 0.6 is 0 Å². The number of carbonyl (C=O) groups is 5. The molecule has 14 heteroatoms. The van der Waals surface area contributed by atoms with Crippen molar-refractivity contribution >= 4 is 29.8 Å². The summed E-state index contributed by atoms with van der Waals surface area (Å²) < 4.78 is 10.2. The number of carboxylic acids is 1. The Bertz CT molecular complexity index is 1370.